The zero-order valence-corrected chi connectivity index (χ0v) is 21.4. The van der Waals surface area contributed by atoms with Crippen LogP contribution in [0, 0.1) is 19.9 Å². The quantitative estimate of drug-likeness (QED) is 0.311. The Morgan fingerprint density at radius 2 is 1.61 bits per heavy atom. The van der Waals surface area contributed by atoms with E-state index in [2.05, 4.69) is 26.1 Å². The van der Waals surface area contributed by atoms with Crippen LogP contribution in [0.1, 0.15) is 25.4 Å². The average Bonchev–Trinajstić information content (AvgIpc) is 3.12. The number of methoxy groups -OCH3 is 2. The van der Waals surface area contributed by atoms with Gasteiger partial charge in [-0.2, -0.15) is 18.2 Å². The van der Waals surface area contributed by atoms with E-state index in [0.717, 1.165) is 16.8 Å². The monoisotopic (exact) mass is 590 g/mol. The van der Waals surface area contributed by atoms with Crippen molar-refractivity contribution < 1.29 is 30.5 Å². The topological polar surface area (TPSA) is 98.2 Å². The summed E-state index contributed by atoms with van der Waals surface area (Å²) in [6.07, 6.45) is 3.39. The van der Waals surface area contributed by atoms with Gasteiger partial charge in [0.15, 0.2) is 11.5 Å². The summed E-state index contributed by atoms with van der Waals surface area (Å²) in [5, 5.41) is 4.36. The summed E-state index contributed by atoms with van der Waals surface area (Å²) in [7, 11) is 3.19. The third-order valence-electron chi connectivity index (χ3n) is 3.96. The Labute approximate surface area is 197 Å². The van der Waals surface area contributed by atoms with E-state index in [9.17, 15) is 0 Å². The van der Waals surface area contributed by atoms with Gasteiger partial charge in [-0.15, -0.1) is 0 Å². The fourth-order valence-electron chi connectivity index (χ4n) is 2.75. The fourth-order valence-corrected chi connectivity index (χ4v) is 2.75. The first-order valence-electron chi connectivity index (χ1n) is 9.49. The van der Waals surface area contributed by atoms with E-state index in [0.29, 0.717) is 23.0 Å². The standard InChI is InChI=1S/C15H16N5O2.C5H4N.C2H6.W/c1-8-13(10-5-6-11(21-3)12(7-10)22-4)14-17-9(2)18-15(16)20(14)19-8;1-2-4-6-5-3-1;1-2;/h5-7H,1-4H3,(H-,16,17,18);2-5H;1-2H3;/q2*-1;;+2. The number of ether oxygens (including phenoxy) is 2. The molecule has 0 amide bonds. The van der Waals surface area contributed by atoms with Crippen LogP contribution in [0.3, 0.4) is 0 Å². The van der Waals surface area contributed by atoms with Crippen LogP contribution >= 0.6 is 0 Å². The molecule has 4 rings (SSSR count). The summed E-state index contributed by atoms with van der Waals surface area (Å²) in [6.45, 7) is 7.65. The van der Waals surface area contributed by atoms with Crippen LogP contribution in [0.4, 0.5) is 5.95 Å². The predicted molar refractivity (Wildman–Crippen MR) is 117 cm³/mol. The van der Waals surface area contributed by atoms with Gasteiger partial charge in [-0.3, -0.25) is 4.52 Å². The minimum Gasteiger partial charge on any atom is -0.493 e. The number of hydrogen-bond acceptors (Lipinski definition) is 6. The average molecular weight is 590 g/mol. The summed E-state index contributed by atoms with van der Waals surface area (Å²) >= 11 is 0. The molecular formula is C22H26N6O2W. The summed E-state index contributed by atoms with van der Waals surface area (Å²) in [6, 6.07) is 12.0. The van der Waals surface area contributed by atoms with Crippen molar-refractivity contribution in [3.05, 3.63) is 66.0 Å². The maximum Gasteiger partial charge on any atom is 2.00 e. The van der Waals surface area contributed by atoms with E-state index in [1.165, 1.54) is 4.52 Å². The van der Waals surface area contributed by atoms with E-state index < -0.39 is 0 Å². The van der Waals surface area contributed by atoms with Gasteiger partial charge in [0.25, 0.3) is 0 Å². The van der Waals surface area contributed by atoms with Crippen LogP contribution in [-0.2, 0) is 21.1 Å². The van der Waals surface area contributed by atoms with Crippen LogP contribution in [0.15, 0.2) is 42.7 Å². The van der Waals surface area contributed by atoms with Crippen molar-refractivity contribution in [3.63, 3.8) is 0 Å². The van der Waals surface area contributed by atoms with Crippen LogP contribution in [-0.4, -0.2) is 38.8 Å². The number of hydrogen-bond donors (Lipinski definition) is 0. The number of rotatable bonds is 3. The van der Waals surface area contributed by atoms with Crippen molar-refractivity contribution in [1.82, 2.24) is 24.6 Å². The Kier molecular flexibility index (Phi) is 10.6. The molecule has 0 aliphatic carbocycles. The van der Waals surface area contributed by atoms with Gasteiger partial charge in [-0.05, 0) is 31.5 Å². The molecule has 0 radical (unpaired) electrons. The second kappa shape index (κ2) is 12.6. The van der Waals surface area contributed by atoms with Gasteiger partial charge >= 0.3 is 21.1 Å². The zero-order chi connectivity index (χ0) is 22.1. The zero-order valence-electron chi connectivity index (χ0n) is 18.5. The Balaban J connectivity index is 0.000000456. The molecule has 3 heterocycles. The molecule has 4 aromatic rings. The molecule has 1 aromatic carbocycles. The first-order valence-corrected chi connectivity index (χ1v) is 9.49. The Morgan fingerprint density at radius 1 is 0.968 bits per heavy atom. The second-order valence-electron chi connectivity index (χ2n) is 5.81. The van der Waals surface area contributed by atoms with Gasteiger partial charge < -0.3 is 25.2 Å². The van der Waals surface area contributed by atoms with Crippen molar-refractivity contribution in [2.75, 3.05) is 14.2 Å². The Hall–Kier alpha value is -2.99. The van der Waals surface area contributed by atoms with Gasteiger partial charge in [-0.25, -0.2) is 10.1 Å². The smallest absolute Gasteiger partial charge is 0.493 e. The molecule has 0 aliphatic heterocycles. The van der Waals surface area contributed by atoms with E-state index in [-0.39, 0.29) is 27.0 Å². The SMILES string of the molecule is CC.COc1ccc(-c2c(C)nn3c([NH-])nc(C)nc23)cc1OC.[W+2].[c-]1ccncc1. The largest absolute Gasteiger partial charge is 2.00 e. The van der Waals surface area contributed by atoms with Gasteiger partial charge in [0.1, 0.15) is 5.65 Å². The normalized spacial score (nSPS) is 9.48. The molecule has 0 fully saturated rings. The molecule has 31 heavy (non-hydrogen) atoms. The molecule has 0 bridgehead atoms. The number of aromatic nitrogens is 5. The summed E-state index contributed by atoms with van der Waals surface area (Å²) in [5.41, 5.74) is 11.1. The maximum absolute atomic E-state index is 7.92. The number of fused-ring (bicyclic) bond motifs is 1. The third kappa shape index (κ3) is 6.24. The first-order chi connectivity index (χ1) is 14.5. The summed E-state index contributed by atoms with van der Waals surface area (Å²) < 4.78 is 12.1. The van der Waals surface area contributed by atoms with Crippen molar-refractivity contribution in [1.29, 1.82) is 0 Å². The van der Waals surface area contributed by atoms with E-state index >= 15 is 0 Å². The van der Waals surface area contributed by atoms with Crippen molar-refractivity contribution >= 4 is 11.6 Å². The molecule has 9 heteroatoms. The van der Waals surface area contributed by atoms with E-state index in [1.807, 2.05) is 39.0 Å². The molecule has 3 aromatic heterocycles. The van der Waals surface area contributed by atoms with Crippen molar-refractivity contribution in [2.24, 2.45) is 0 Å². The van der Waals surface area contributed by atoms with Crippen LogP contribution in [0.2, 0.25) is 0 Å². The number of aryl methyl sites for hydroxylation is 2. The number of pyridine rings is 1. The Morgan fingerprint density at radius 3 is 2.13 bits per heavy atom. The molecule has 0 saturated carbocycles. The molecule has 162 valence electrons. The van der Waals surface area contributed by atoms with Crippen molar-refractivity contribution in [3.8, 4) is 22.6 Å². The minimum atomic E-state index is 0. The van der Waals surface area contributed by atoms with Crippen LogP contribution in [0.5, 0.6) is 11.5 Å². The number of nitrogens with zero attached hydrogens (tertiary/aromatic N) is 5. The number of benzene rings is 1. The first kappa shape index (κ1) is 26.0. The number of nitrogens with one attached hydrogen (secondary N) is 1. The Bertz CT molecular complexity index is 1060. The van der Waals surface area contributed by atoms with Crippen molar-refractivity contribution in [2.45, 2.75) is 27.7 Å². The molecule has 0 unspecified atom stereocenters. The molecule has 0 atom stereocenters. The molecular weight excluding hydrogens is 564 g/mol. The van der Waals surface area contributed by atoms with Gasteiger partial charge in [-0.1, -0.05) is 32.3 Å². The molecule has 0 spiro atoms. The van der Waals surface area contributed by atoms with Gasteiger partial charge in [0.2, 0.25) is 0 Å². The van der Waals surface area contributed by atoms with Crippen LogP contribution in [0.25, 0.3) is 22.5 Å². The summed E-state index contributed by atoms with van der Waals surface area (Å²) in [5.74, 6) is 1.90. The van der Waals surface area contributed by atoms with Gasteiger partial charge in [0.05, 0.1) is 25.7 Å². The summed E-state index contributed by atoms with van der Waals surface area (Å²) in [4.78, 5) is 12.2. The molecule has 8 nitrogen and oxygen atoms in total. The fraction of sp³-hybridized carbons (Fsp3) is 0.273. The van der Waals surface area contributed by atoms with E-state index in [1.54, 1.807) is 45.7 Å². The molecule has 0 aliphatic rings. The second-order valence-corrected chi connectivity index (χ2v) is 5.81. The predicted octanol–water partition coefficient (Wildman–Crippen LogP) is 5.01. The molecule has 1 N–H and O–H groups in total. The minimum absolute atomic E-state index is 0. The van der Waals surface area contributed by atoms with E-state index in [4.69, 9.17) is 15.2 Å². The van der Waals surface area contributed by atoms with Crippen LogP contribution < -0.4 is 9.47 Å². The maximum atomic E-state index is 7.92. The van der Waals surface area contributed by atoms with Gasteiger partial charge in [0, 0.05) is 11.5 Å². The third-order valence-corrected chi connectivity index (χ3v) is 3.96. The molecule has 0 saturated heterocycles.